The Bertz CT molecular complexity index is 1750. The first-order chi connectivity index (χ1) is 20.8. The quantitative estimate of drug-likeness (QED) is 0.161. The molecule has 0 spiro atoms. The Morgan fingerprint density at radius 3 is 2.77 bits per heavy atom. The summed E-state index contributed by atoms with van der Waals surface area (Å²) in [4.78, 5) is 68.0. The third-order valence-corrected chi connectivity index (χ3v) is 9.59. The molecule has 16 heteroatoms. The van der Waals surface area contributed by atoms with E-state index in [-0.39, 0.29) is 22.2 Å². The molecule has 3 aliphatic rings. The third kappa shape index (κ3) is 5.28. The molecule has 3 N–H and O–H groups in total. The van der Waals surface area contributed by atoms with E-state index in [1.807, 2.05) is 13.0 Å². The van der Waals surface area contributed by atoms with Crippen LogP contribution < -0.4 is 11.1 Å². The Hall–Kier alpha value is -4.54. The smallest absolute Gasteiger partial charge is 0.358 e. The number of aromatic nitrogens is 2. The summed E-state index contributed by atoms with van der Waals surface area (Å²) in [5.74, 6) is -2.37. The number of oxime groups is 1. The molecule has 2 unspecified atom stereocenters. The van der Waals surface area contributed by atoms with E-state index in [0.29, 0.717) is 22.5 Å². The van der Waals surface area contributed by atoms with Gasteiger partial charge in [0.05, 0.1) is 16.8 Å². The molecule has 1 saturated heterocycles. The fourth-order valence-electron chi connectivity index (χ4n) is 4.66. The minimum Gasteiger partial charge on any atom is -0.417 e. The average Bonchev–Trinajstić information content (AvgIpc) is 3.71. The molecular formula is C27H22N6O7S3. The number of thioether (sulfide) groups is 1. The normalized spacial score (nSPS) is 21.3. The molecule has 2 aromatic heterocycles. The van der Waals surface area contributed by atoms with Crippen LogP contribution in [0.15, 0.2) is 57.7 Å². The van der Waals surface area contributed by atoms with Gasteiger partial charge >= 0.3 is 11.9 Å². The van der Waals surface area contributed by atoms with Crippen molar-refractivity contribution >= 4 is 75.1 Å². The van der Waals surface area contributed by atoms with Crippen molar-refractivity contribution in [1.82, 2.24) is 20.2 Å². The lowest BCUT2D eigenvalue weighted by atomic mass is 10.0. The molecule has 3 aliphatic heterocycles. The van der Waals surface area contributed by atoms with Gasteiger partial charge in [-0.1, -0.05) is 29.4 Å². The van der Waals surface area contributed by atoms with Crippen LogP contribution in [0.1, 0.15) is 38.5 Å². The Balaban J connectivity index is 1.27. The maximum Gasteiger partial charge on any atom is 0.358 e. The summed E-state index contributed by atoms with van der Waals surface area (Å²) in [7, 11) is 1.28. The van der Waals surface area contributed by atoms with Crippen molar-refractivity contribution in [2.75, 3.05) is 18.6 Å². The second-order valence-corrected chi connectivity index (χ2v) is 12.2. The van der Waals surface area contributed by atoms with Gasteiger partial charge in [-0.3, -0.25) is 14.5 Å². The molecule has 220 valence electrons. The maximum absolute atomic E-state index is 13.7. The molecule has 1 fully saturated rings. The topological polar surface area (TPSA) is 175 Å². The van der Waals surface area contributed by atoms with E-state index in [2.05, 4.69) is 20.4 Å². The van der Waals surface area contributed by atoms with Gasteiger partial charge in [0.2, 0.25) is 0 Å². The Morgan fingerprint density at radius 1 is 1.23 bits per heavy atom. The van der Waals surface area contributed by atoms with Crippen molar-refractivity contribution in [2.45, 2.75) is 24.6 Å². The van der Waals surface area contributed by atoms with E-state index >= 15 is 0 Å². The number of nitrogens with one attached hydrogen (secondary N) is 1. The minimum atomic E-state index is -1.27. The summed E-state index contributed by atoms with van der Waals surface area (Å²) in [5.41, 5.74) is 9.51. The number of esters is 2. The lowest BCUT2D eigenvalue weighted by molar-refractivity contribution is -0.168. The molecular weight excluding hydrogens is 617 g/mol. The summed E-state index contributed by atoms with van der Waals surface area (Å²) < 4.78 is 11.0. The summed E-state index contributed by atoms with van der Waals surface area (Å²) in [6.45, 7) is 1.87. The molecule has 2 amide bonds. The predicted octanol–water partition coefficient (Wildman–Crippen LogP) is 2.62. The fraction of sp³-hybridized carbons (Fsp3) is 0.222. The highest BCUT2D eigenvalue weighted by atomic mass is 32.2. The average molecular weight is 639 g/mol. The maximum atomic E-state index is 13.7. The number of fused-ring (bicyclic) bond motifs is 2. The number of allylic oxidation sites excluding steroid dienone is 1. The standard InChI is InChI=1S/C27H22N6O7S3/c1-12-17(43-11-29-12)8-7-13-9-41-23-19(31-21(34)18(32-38-2)16-10-42-27(28)30-16)22(35)33(23)20(13)25(37)40-26-15-6-4-3-5-14(15)24(36)39-26/h3-8,10-11,19,23,26H,9H2,1-2H3,(H2,28,30)(H,31,34)/b8-7+,32-18+/t19?,23-,26?/m1/s1. The van der Waals surface area contributed by atoms with Gasteiger partial charge in [0.25, 0.3) is 18.1 Å². The zero-order chi connectivity index (χ0) is 30.2. The van der Waals surface area contributed by atoms with Crippen molar-refractivity contribution < 1.29 is 33.5 Å². The molecule has 0 saturated carbocycles. The van der Waals surface area contributed by atoms with Gasteiger partial charge in [-0.25, -0.2) is 19.6 Å². The van der Waals surface area contributed by atoms with Crippen LogP contribution in [-0.4, -0.2) is 68.6 Å². The Morgan fingerprint density at radius 2 is 2.05 bits per heavy atom. The molecule has 0 radical (unpaired) electrons. The molecule has 13 nitrogen and oxygen atoms in total. The first kappa shape index (κ1) is 28.6. The van der Waals surface area contributed by atoms with Crippen molar-refractivity contribution in [3.8, 4) is 0 Å². The first-order valence-corrected chi connectivity index (χ1v) is 15.5. The number of carbonyl (C=O) groups is 4. The van der Waals surface area contributed by atoms with E-state index in [4.69, 9.17) is 20.0 Å². The van der Waals surface area contributed by atoms with Gasteiger partial charge in [-0.2, -0.15) is 0 Å². The second kappa shape index (κ2) is 11.6. The number of ether oxygens (including phenoxy) is 2. The number of amides is 2. The molecule has 5 heterocycles. The number of aryl methyl sites for hydroxylation is 1. The van der Waals surface area contributed by atoms with Gasteiger partial charge < -0.3 is 25.4 Å². The zero-order valence-corrected chi connectivity index (χ0v) is 25.0. The van der Waals surface area contributed by atoms with E-state index in [0.717, 1.165) is 21.9 Å². The summed E-state index contributed by atoms with van der Waals surface area (Å²) in [6.07, 6.45) is 2.29. The van der Waals surface area contributed by atoms with Gasteiger partial charge in [0, 0.05) is 21.6 Å². The Labute approximate surface area is 256 Å². The molecule has 3 atom stereocenters. The Kier molecular flexibility index (Phi) is 7.72. The van der Waals surface area contributed by atoms with E-state index in [1.165, 1.54) is 35.1 Å². The van der Waals surface area contributed by atoms with Gasteiger partial charge in [0.1, 0.15) is 29.9 Å². The van der Waals surface area contributed by atoms with Crippen LogP contribution in [0.4, 0.5) is 5.13 Å². The molecule has 0 aliphatic carbocycles. The lowest BCUT2D eigenvalue weighted by Gasteiger charge is -2.49. The summed E-state index contributed by atoms with van der Waals surface area (Å²) in [5, 5.41) is 7.60. The van der Waals surface area contributed by atoms with Gasteiger partial charge in [0.15, 0.2) is 10.8 Å². The van der Waals surface area contributed by atoms with Crippen LogP contribution in [0.25, 0.3) is 6.08 Å². The van der Waals surface area contributed by atoms with E-state index in [1.54, 1.807) is 41.2 Å². The molecule has 43 heavy (non-hydrogen) atoms. The second-order valence-electron chi connectivity index (χ2n) is 9.29. The fourth-order valence-corrected chi connectivity index (χ4v) is 7.22. The number of nitrogens with two attached hydrogens (primary N) is 1. The number of nitrogen functional groups attached to an aromatic ring is 1. The van der Waals surface area contributed by atoms with Crippen LogP contribution in [0.3, 0.4) is 0 Å². The van der Waals surface area contributed by atoms with Crippen molar-refractivity contribution in [2.24, 2.45) is 5.16 Å². The predicted molar refractivity (Wildman–Crippen MR) is 159 cm³/mol. The minimum absolute atomic E-state index is 0.00356. The highest BCUT2D eigenvalue weighted by Crippen LogP contribution is 2.42. The molecule has 0 bridgehead atoms. The number of cyclic esters (lactones) is 1. The number of rotatable bonds is 8. The van der Waals surface area contributed by atoms with Gasteiger partial charge in [-0.15, -0.1) is 34.4 Å². The van der Waals surface area contributed by atoms with E-state index < -0.39 is 41.5 Å². The third-order valence-electron chi connectivity index (χ3n) is 6.72. The summed E-state index contributed by atoms with van der Waals surface area (Å²) >= 11 is 3.92. The monoisotopic (exact) mass is 638 g/mol. The van der Waals surface area contributed by atoms with Crippen LogP contribution in [0.5, 0.6) is 0 Å². The number of nitrogens with zero attached hydrogens (tertiary/aromatic N) is 4. The number of thiazole rings is 2. The van der Waals surface area contributed by atoms with Crippen molar-refractivity contribution in [1.29, 1.82) is 0 Å². The number of β-lactam (4-membered cyclic amide) rings is 1. The molecule has 6 rings (SSSR count). The largest absolute Gasteiger partial charge is 0.417 e. The number of anilines is 1. The van der Waals surface area contributed by atoms with Gasteiger partial charge in [-0.05, 0) is 24.6 Å². The zero-order valence-electron chi connectivity index (χ0n) is 22.5. The van der Waals surface area contributed by atoms with E-state index in [9.17, 15) is 19.2 Å². The highest BCUT2D eigenvalue weighted by molar-refractivity contribution is 8.00. The lowest BCUT2D eigenvalue weighted by Crippen LogP contribution is -2.71. The van der Waals surface area contributed by atoms with Crippen molar-refractivity contribution in [3.05, 3.63) is 79.9 Å². The number of carbonyl (C=O) groups excluding carboxylic acids is 4. The van der Waals surface area contributed by atoms with Crippen LogP contribution in [0.2, 0.25) is 0 Å². The van der Waals surface area contributed by atoms with Crippen LogP contribution >= 0.6 is 34.4 Å². The molecule has 3 aromatic rings. The van der Waals surface area contributed by atoms with Crippen LogP contribution in [0, 0.1) is 6.92 Å². The number of benzene rings is 1. The highest BCUT2D eigenvalue weighted by Gasteiger charge is 2.55. The van der Waals surface area contributed by atoms with Crippen molar-refractivity contribution in [3.63, 3.8) is 0 Å². The SMILES string of the molecule is CO/N=C(/C(=O)NC1C(=O)N2C(C(=O)OC3OC(=O)c4ccccc43)=C(/C=C/c3scnc3C)CS[C@H]12)c1csc(N)n1. The molecule has 1 aromatic carbocycles. The number of hydrogen-bond acceptors (Lipinski definition) is 14. The summed E-state index contributed by atoms with van der Waals surface area (Å²) in [6, 6.07) is 5.62. The number of hydrogen-bond donors (Lipinski definition) is 2. The first-order valence-electron chi connectivity index (χ1n) is 12.7. The van der Waals surface area contributed by atoms with Crippen LogP contribution in [-0.2, 0) is 28.7 Å².